The van der Waals surface area contributed by atoms with E-state index in [-0.39, 0.29) is 6.61 Å². The van der Waals surface area contributed by atoms with Crippen LogP contribution in [0, 0.1) is 0 Å². The van der Waals surface area contributed by atoms with Crippen LogP contribution in [0.2, 0.25) is 0 Å². The van der Waals surface area contributed by atoms with Gasteiger partial charge >= 0.3 is 5.97 Å². The molecule has 2 atom stereocenters. The summed E-state index contributed by atoms with van der Waals surface area (Å²) in [6, 6.07) is 7.40. The van der Waals surface area contributed by atoms with Gasteiger partial charge in [0.05, 0.1) is 6.61 Å². The Hall–Kier alpha value is -1.92. The number of nitrogens with one attached hydrogen (secondary N) is 1. The van der Waals surface area contributed by atoms with E-state index >= 15 is 0 Å². The largest absolute Gasteiger partial charge is 0.479 e. The number of amides is 1. The molecule has 0 radical (unpaired) electrons. The highest BCUT2D eigenvalue weighted by molar-refractivity contribution is 5.90. The highest BCUT2D eigenvalue weighted by atomic mass is 16.5. The van der Waals surface area contributed by atoms with Crippen LogP contribution in [0.25, 0.3) is 0 Å². The summed E-state index contributed by atoms with van der Waals surface area (Å²) in [5.74, 6) is -1.62. The van der Waals surface area contributed by atoms with E-state index in [9.17, 15) is 14.7 Å². The van der Waals surface area contributed by atoms with E-state index in [0.717, 1.165) is 0 Å². The summed E-state index contributed by atoms with van der Waals surface area (Å²) in [6.45, 7) is 0.521. The molecule has 1 aromatic carbocycles. The van der Waals surface area contributed by atoms with Gasteiger partial charge in [0.15, 0.2) is 6.04 Å². The number of hydrogen-bond donors (Lipinski definition) is 3. The summed E-state index contributed by atoms with van der Waals surface area (Å²) >= 11 is 0. The molecular weight excluding hydrogens is 248 g/mol. The first-order valence-corrected chi connectivity index (χ1v) is 5.98. The Morgan fingerprint density at radius 2 is 2.05 bits per heavy atom. The molecule has 1 fully saturated rings. The molecule has 6 heteroatoms. The van der Waals surface area contributed by atoms with Crippen LogP contribution in [0.1, 0.15) is 18.0 Å². The number of carboxylic acid groups (broad SMARTS) is 1. The first-order valence-electron chi connectivity index (χ1n) is 5.98. The number of aliphatic carboxylic acids is 1. The lowest BCUT2D eigenvalue weighted by Gasteiger charge is -2.23. The quantitative estimate of drug-likeness (QED) is 0.713. The highest BCUT2D eigenvalue weighted by Gasteiger charge is 2.40. The number of nitrogens with two attached hydrogens (primary N) is 1. The Balaban J connectivity index is 2.14. The van der Waals surface area contributed by atoms with Gasteiger partial charge in [0.1, 0.15) is 5.54 Å². The molecule has 1 heterocycles. The van der Waals surface area contributed by atoms with Crippen molar-refractivity contribution in [1.82, 2.24) is 5.32 Å². The molecule has 19 heavy (non-hydrogen) atoms. The van der Waals surface area contributed by atoms with Gasteiger partial charge in [-0.25, -0.2) is 4.79 Å². The van der Waals surface area contributed by atoms with Crippen molar-refractivity contribution in [2.75, 3.05) is 13.2 Å². The normalized spacial score (nSPS) is 23.8. The topological polar surface area (TPSA) is 102 Å². The minimum atomic E-state index is -1.14. The van der Waals surface area contributed by atoms with Crippen LogP contribution in [0.15, 0.2) is 30.3 Å². The number of carbonyl (C=O) groups is 2. The maximum absolute atomic E-state index is 12.1. The molecule has 1 unspecified atom stereocenters. The van der Waals surface area contributed by atoms with Crippen LogP contribution in [-0.4, -0.2) is 35.7 Å². The number of benzene rings is 1. The van der Waals surface area contributed by atoms with E-state index in [0.29, 0.717) is 18.6 Å². The Kier molecular flexibility index (Phi) is 3.82. The molecule has 0 spiro atoms. The fourth-order valence-corrected chi connectivity index (χ4v) is 1.97. The Labute approximate surface area is 110 Å². The van der Waals surface area contributed by atoms with Crippen molar-refractivity contribution in [2.24, 2.45) is 5.73 Å². The molecule has 0 saturated carbocycles. The van der Waals surface area contributed by atoms with Crippen LogP contribution >= 0.6 is 0 Å². The fourth-order valence-electron chi connectivity index (χ4n) is 1.97. The molecule has 1 amide bonds. The number of carbonyl (C=O) groups excluding carboxylic acids is 1. The summed E-state index contributed by atoms with van der Waals surface area (Å²) in [5, 5.41) is 11.7. The minimum absolute atomic E-state index is 0.111. The molecule has 1 aliphatic rings. The molecule has 0 bridgehead atoms. The van der Waals surface area contributed by atoms with Crippen LogP contribution in [0.5, 0.6) is 0 Å². The lowest BCUT2D eigenvalue weighted by Crippen LogP contribution is -2.56. The van der Waals surface area contributed by atoms with Gasteiger partial charge in [-0.1, -0.05) is 30.3 Å². The monoisotopic (exact) mass is 264 g/mol. The van der Waals surface area contributed by atoms with E-state index in [1.165, 1.54) is 0 Å². The van der Waals surface area contributed by atoms with E-state index in [1.54, 1.807) is 30.3 Å². The molecule has 0 aliphatic carbocycles. The molecule has 102 valence electrons. The second-order valence-corrected chi connectivity index (χ2v) is 4.61. The SMILES string of the molecule is NC1(C(=O)N[C@H](C(=O)O)c2ccccc2)CCOC1. The van der Waals surface area contributed by atoms with Crippen molar-refractivity contribution in [3.8, 4) is 0 Å². The summed E-state index contributed by atoms with van der Waals surface area (Å²) in [5.41, 5.74) is 5.27. The zero-order chi connectivity index (χ0) is 13.9. The Morgan fingerprint density at radius 1 is 1.37 bits per heavy atom. The summed E-state index contributed by atoms with van der Waals surface area (Å²) in [6.07, 6.45) is 0.389. The third-order valence-corrected chi connectivity index (χ3v) is 3.16. The van der Waals surface area contributed by atoms with Crippen LogP contribution in [0.4, 0.5) is 0 Å². The van der Waals surface area contributed by atoms with Crippen LogP contribution < -0.4 is 11.1 Å². The maximum atomic E-state index is 12.1. The minimum Gasteiger partial charge on any atom is -0.479 e. The van der Waals surface area contributed by atoms with Crippen molar-refractivity contribution in [3.05, 3.63) is 35.9 Å². The third-order valence-electron chi connectivity index (χ3n) is 3.16. The molecule has 0 aromatic heterocycles. The first kappa shape index (κ1) is 13.5. The number of rotatable bonds is 4. The van der Waals surface area contributed by atoms with Gasteiger partial charge in [-0.2, -0.15) is 0 Å². The number of carboxylic acids is 1. The lowest BCUT2D eigenvalue weighted by molar-refractivity contribution is -0.143. The fraction of sp³-hybridized carbons (Fsp3) is 0.385. The van der Waals surface area contributed by atoms with Crippen LogP contribution in [0.3, 0.4) is 0 Å². The molecule has 6 nitrogen and oxygen atoms in total. The van der Waals surface area contributed by atoms with Crippen molar-refractivity contribution in [2.45, 2.75) is 18.0 Å². The molecule has 1 aromatic rings. The van der Waals surface area contributed by atoms with Gasteiger partial charge < -0.3 is 20.9 Å². The highest BCUT2D eigenvalue weighted by Crippen LogP contribution is 2.19. The molecule has 2 rings (SSSR count). The van der Waals surface area contributed by atoms with Gasteiger partial charge in [-0.3, -0.25) is 4.79 Å². The predicted molar refractivity (Wildman–Crippen MR) is 67.3 cm³/mol. The average Bonchev–Trinajstić information content (AvgIpc) is 2.84. The zero-order valence-corrected chi connectivity index (χ0v) is 10.3. The predicted octanol–water partition coefficient (Wildman–Crippen LogP) is 0.0463. The second kappa shape index (κ2) is 5.38. The molecule has 1 aliphatic heterocycles. The van der Waals surface area contributed by atoms with Gasteiger partial charge in [-0.15, -0.1) is 0 Å². The van der Waals surface area contributed by atoms with E-state index in [2.05, 4.69) is 5.32 Å². The van der Waals surface area contributed by atoms with E-state index in [4.69, 9.17) is 10.5 Å². The zero-order valence-electron chi connectivity index (χ0n) is 10.3. The van der Waals surface area contributed by atoms with Gasteiger partial charge in [-0.05, 0) is 12.0 Å². The average molecular weight is 264 g/mol. The Morgan fingerprint density at radius 3 is 2.58 bits per heavy atom. The maximum Gasteiger partial charge on any atom is 0.330 e. The van der Waals surface area contributed by atoms with E-state index < -0.39 is 23.5 Å². The van der Waals surface area contributed by atoms with E-state index in [1.807, 2.05) is 0 Å². The smallest absolute Gasteiger partial charge is 0.330 e. The van der Waals surface area contributed by atoms with Gasteiger partial charge in [0.25, 0.3) is 0 Å². The first-order chi connectivity index (χ1) is 9.03. The summed E-state index contributed by atoms with van der Waals surface area (Å²) in [4.78, 5) is 23.3. The number of ether oxygens (including phenoxy) is 1. The van der Waals surface area contributed by atoms with Gasteiger partial charge in [0.2, 0.25) is 5.91 Å². The molecule has 1 saturated heterocycles. The second-order valence-electron chi connectivity index (χ2n) is 4.61. The third kappa shape index (κ3) is 2.91. The lowest BCUT2D eigenvalue weighted by atomic mass is 9.97. The molecule has 4 N–H and O–H groups in total. The number of hydrogen-bond acceptors (Lipinski definition) is 4. The van der Waals surface area contributed by atoms with Gasteiger partial charge in [0, 0.05) is 6.61 Å². The summed E-state index contributed by atoms with van der Waals surface area (Å²) in [7, 11) is 0. The molecular formula is C13H16N2O4. The Bertz CT molecular complexity index is 469. The van der Waals surface area contributed by atoms with Crippen molar-refractivity contribution < 1.29 is 19.4 Å². The van der Waals surface area contributed by atoms with Crippen molar-refractivity contribution in [3.63, 3.8) is 0 Å². The van der Waals surface area contributed by atoms with Crippen molar-refractivity contribution in [1.29, 1.82) is 0 Å². The van der Waals surface area contributed by atoms with Crippen molar-refractivity contribution >= 4 is 11.9 Å². The summed E-state index contributed by atoms with van der Waals surface area (Å²) < 4.78 is 5.10. The standard InChI is InChI=1S/C13H16N2O4/c14-13(6-7-19-8-13)12(18)15-10(11(16)17)9-4-2-1-3-5-9/h1-5,10H,6-8,14H2,(H,15,18)(H,16,17)/t10-,13?/m0/s1. The van der Waals surface area contributed by atoms with Crippen LogP contribution in [-0.2, 0) is 14.3 Å².